The Labute approximate surface area is 104 Å². The van der Waals surface area contributed by atoms with Crippen LogP contribution in [0.5, 0.6) is 0 Å². The highest BCUT2D eigenvalue weighted by molar-refractivity contribution is 6.43. The van der Waals surface area contributed by atoms with Gasteiger partial charge in [0.15, 0.2) is 0 Å². The highest BCUT2D eigenvalue weighted by Crippen LogP contribution is 2.29. The number of amides is 1. The highest BCUT2D eigenvalue weighted by Gasteiger charge is 2.20. The number of carbonyl (C=O) groups is 1. The van der Waals surface area contributed by atoms with Crippen LogP contribution < -0.4 is 10.6 Å². The zero-order valence-electron chi connectivity index (χ0n) is 8.59. The van der Waals surface area contributed by atoms with Crippen LogP contribution in [0.25, 0.3) is 0 Å². The zero-order chi connectivity index (χ0) is 11.5. The molecule has 1 atom stereocenters. The Morgan fingerprint density at radius 3 is 2.94 bits per heavy atom. The van der Waals surface area contributed by atoms with Gasteiger partial charge in [-0.15, -0.1) is 0 Å². The van der Waals surface area contributed by atoms with Gasteiger partial charge in [-0.1, -0.05) is 29.3 Å². The van der Waals surface area contributed by atoms with Crippen LogP contribution in [0.2, 0.25) is 10.0 Å². The molecule has 1 saturated heterocycles. The molecule has 86 valence electrons. The van der Waals surface area contributed by atoms with E-state index in [1.165, 1.54) is 0 Å². The van der Waals surface area contributed by atoms with Crippen molar-refractivity contribution in [2.24, 2.45) is 0 Å². The van der Waals surface area contributed by atoms with Gasteiger partial charge in [-0.25, -0.2) is 0 Å². The van der Waals surface area contributed by atoms with Gasteiger partial charge in [-0.2, -0.15) is 0 Å². The largest absolute Gasteiger partial charge is 0.382 e. The average molecular weight is 259 g/mol. The number of nitrogens with one attached hydrogen (secondary N) is 2. The molecule has 0 aromatic heterocycles. The summed E-state index contributed by atoms with van der Waals surface area (Å²) in [7, 11) is 0. The highest BCUT2D eigenvalue weighted by atomic mass is 35.5. The molecule has 1 unspecified atom stereocenters. The van der Waals surface area contributed by atoms with Crippen molar-refractivity contribution < 1.29 is 4.79 Å². The molecule has 1 aliphatic heterocycles. The van der Waals surface area contributed by atoms with Crippen LogP contribution in [-0.2, 0) is 4.79 Å². The van der Waals surface area contributed by atoms with Gasteiger partial charge in [0.05, 0.1) is 15.7 Å². The summed E-state index contributed by atoms with van der Waals surface area (Å²) < 4.78 is 0. The van der Waals surface area contributed by atoms with Crippen LogP contribution in [0.4, 0.5) is 5.69 Å². The molecule has 0 spiro atoms. The van der Waals surface area contributed by atoms with E-state index in [2.05, 4.69) is 10.6 Å². The molecular formula is C11H12Cl2N2O. The number of hydrogen-bond donors (Lipinski definition) is 2. The molecular weight excluding hydrogens is 247 g/mol. The predicted molar refractivity (Wildman–Crippen MR) is 66.1 cm³/mol. The average Bonchev–Trinajstić information content (AvgIpc) is 2.67. The number of carbonyl (C=O) groups excluding carboxylic acids is 1. The molecule has 2 rings (SSSR count). The molecule has 16 heavy (non-hydrogen) atoms. The van der Waals surface area contributed by atoms with Crippen molar-refractivity contribution >= 4 is 34.8 Å². The third-order valence-corrected chi connectivity index (χ3v) is 3.39. The summed E-state index contributed by atoms with van der Waals surface area (Å²) in [5, 5.41) is 7.12. The Hall–Kier alpha value is -0.930. The second-order valence-electron chi connectivity index (χ2n) is 3.79. The summed E-state index contributed by atoms with van der Waals surface area (Å²) in [5.41, 5.74) is 0.801. The molecule has 1 aromatic carbocycles. The Bertz CT molecular complexity index is 409. The fraction of sp³-hybridized carbons (Fsp3) is 0.364. The van der Waals surface area contributed by atoms with E-state index < -0.39 is 0 Å². The lowest BCUT2D eigenvalue weighted by Crippen LogP contribution is -2.31. The standard InChI is InChI=1S/C11H12Cl2N2O/c12-8-2-1-3-9(11(8)13)14-6-7-4-5-10(16)15-7/h1-3,7,14H,4-6H2,(H,15,16). The van der Waals surface area contributed by atoms with Crippen molar-refractivity contribution in [1.82, 2.24) is 5.32 Å². The molecule has 2 N–H and O–H groups in total. The van der Waals surface area contributed by atoms with Crippen LogP contribution in [0, 0.1) is 0 Å². The van der Waals surface area contributed by atoms with Crippen molar-refractivity contribution in [2.45, 2.75) is 18.9 Å². The van der Waals surface area contributed by atoms with Crippen molar-refractivity contribution in [3.63, 3.8) is 0 Å². The van der Waals surface area contributed by atoms with E-state index in [1.54, 1.807) is 6.07 Å². The summed E-state index contributed by atoms with van der Waals surface area (Å²) >= 11 is 11.9. The minimum atomic E-state index is 0.115. The Kier molecular flexibility index (Phi) is 3.56. The monoisotopic (exact) mass is 258 g/mol. The molecule has 0 bridgehead atoms. The SMILES string of the molecule is O=C1CCC(CNc2cccc(Cl)c2Cl)N1. The number of halogens is 2. The lowest BCUT2D eigenvalue weighted by molar-refractivity contribution is -0.119. The third-order valence-electron chi connectivity index (χ3n) is 2.58. The second kappa shape index (κ2) is 4.93. The fourth-order valence-corrected chi connectivity index (χ4v) is 2.07. The first-order valence-electron chi connectivity index (χ1n) is 5.14. The third kappa shape index (κ3) is 2.60. The molecule has 1 heterocycles. The van der Waals surface area contributed by atoms with Gasteiger partial charge >= 0.3 is 0 Å². The van der Waals surface area contributed by atoms with Gasteiger partial charge in [-0.3, -0.25) is 4.79 Å². The van der Waals surface area contributed by atoms with Crippen LogP contribution in [-0.4, -0.2) is 18.5 Å². The van der Waals surface area contributed by atoms with E-state index in [-0.39, 0.29) is 11.9 Å². The smallest absolute Gasteiger partial charge is 0.220 e. The molecule has 1 fully saturated rings. The van der Waals surface area contributed by atoms with E-state index in [4.69, 9.17) is 23.2 Å². The normalized spacial score (nSPS) is 19.6. The van der Waals surface area contributed by atoms with Crippen molar-refractivity contribution in [3.05, 3.63) is 28.2 Å². The van der Waals surface area contributed by atoms with Crippen molar-refractivity contribution in [3.8, 4) is 0 Å². The molecule has 0 radical (unpaired) electrons. The van der Waals surface area contributed by atoms with Gasteiger partial charge in [0.2, 0.25) is 5.91 Å². The maximum atomic E-state index is 11.0. The molecule has 1 aliphatic rings. The quantitative estimate of drug-likeness (QED) is 0.876. The molecule has 5 heteroatoms. The summed E-state index contributed by atoms with van der Waals surface area (Å²) in [4.78, 5) is 11.0. The number of hydrogen-bond acceptors (Lipinski definition) is 2. The van der Waals surface area contributed by atoms with Crippen molar-refractivity contribution in [1.29, 1.82) is 0 Å². The van der Waals surface area contributed by atoms with Crippen LogP contribution in [0.1, 0.15) is 12.8 Å². The lowest BCUT2D eigenvalue weighted by atomic mass is 10.2. The van der Waals surface area contributed by atoms with Crippen LogP contribution in [0.15, 0.2) is 18.2 Å². The van der Waals surface area contributed by atoms with Crippen molar-refractivity contribution in [2.75, 3.05) is 11.9 Å². The molecule has 3 nitrogen and oxygen atoms in total. The van der Waals surface area contributed by atoms with Crippen LogP contribution >= 0.6 is 23.2 Å². The summed E-state index contributed by atoms with van der Waals surface area (Å²) in [6.07, 6.45) is 1.47. The van der Waals surface area contributed by atoms with E-state index >= 15 is 0 Å². The summed E-state index contributed by atoms with van der Waals surface area (Å²) in [6, 6.07) is 5.63. The number of benzene rings is 1. The lowest BCUT2D eigenvalue weighted by Gasteiger charge is -2.13. The van der Waals surface area contributed by atoms with E-state index in [0.29, 0.717) is 23.0 Å². The first kappa shape index (κ1) is 11.6. The van der Waals surface area contributed by atoms with E-state index in [9.17, 15) is 4.79 Å². The maximum Gasteiger partial charge on any atom is 0.220 e. The minimum absolute atomic E-state index is 0.115. The van der Waals surface area contributed by atoms with E-state index in [1.807, 2.05) is 12.1 Å². The second-order valence-corrected chi connectivity index (χ2v) is 4.57. The maximum absolute atomic E-state index is 11.0. The fourth-order valence-electron chi connectivity index (χ4n) is 1.70. The van der Waals surface area contributed by atoms with Gasteiger partial charge in [0.1, 0.15) is 0 Å². The Morgan fingerprint density at radius 1 is 1.44 bits per heavy atom. The Balaban J connectivity index is 1.94. The molecule has 1 amide bonds. The molecule has 0 saturated carbocycles. The first-order valence-corrected chi connectivity index (χ1v) is 5.89. The summed E-state index contributed by atoms with van der Waals surface area (Å²) in [6.45, 7) is 0.672. The van der Waals surface area contributed by atoms with Crippen LogP contribution in [0.3, 0.4) is 0 Å². The van der Waals surface area contributed by atoms with Gasteiger partial charge in [0.25, 0.3) is 0 Å². The zero-order valence-corrected chi connectivity index (χ0v) is 10.1. The Morgan fingerprint density at radius 2 is 2.25 bits per heavy atom. The number of anilines is 1. The van der Waals surface area contributed by atoms with Gasteiger partial charge < -0.3 is 10.6 Å². The number of rotatable bonds is 3. The minimum Gasteiger partial charge on any atom is -0.382 e. The first-order chi connectivity index (χ1) is 7.66. The summed E-state index contributed by atoms with van der Waals surface area (Å²) in [5.74, 6) is 0.115. The topological polar surface area (TPSA) is 41.1 Å². The predicted octanol–water partition coefficient (Wildman–Crippen LogP) is 2.68. The molecule has 0 aliphatic carbocycles. The van der Waals surface area contributed by atoms with Gasteiger partial charge in [0, 0.05) is 19.0 Å². The van der Waals surface area contributed by atoms with E-state index in [0.717, 1.165) is 12.1 Å². The van der Waals surface area contributed by atoms with Gasteiger partial charge in [-0.05, 0) is 18.6 Å². The molecule has 1 aromatic rings.